The van der Waals surface area contributed by atoms with Crippen LogP contribution >= 0.6 is 0 Å². The van der Waals surface area contributed by atoms with Crippen LogP contribution in [0.2, 0.25) is 0 Å². The smallest absolute Gasteiger partial charge is 0.157 e. The third kappa shape index (κ3) is 3.18. The number of aliphatic hydroxyl groups is 1. The van der Waals surface area contributed by atoms with E-state index in [-0.39, 0.29) is 5.82 Å². The van der Waals surface area contributed by atoms with Gasteiger partial charge in [0.15, 0.2) is 6.23 Å². The maximum absolute atomic E-state index is 14.2. The number of nitrogens with one attached hydrogen (secondary N) is 1. The van der Waals surface area contributed by atoms with Crippen molar-refractivity contribution in [2.24, 2.45) is 0 Å². The first kappa shape index (κ1) is 15.5. The van der Waals surface area contributed by atoms with Gasteiger partial charge in [0.05, 0.1) is 5.69 Å². The van der Waals surface area contributed by atoms with E-state index < -0.39 is 6.23 Å². The van der Waals surface area contributed by atoms with E-state index >= 15 is 0 Å². The molecule has 0 saturated carbocycles. The lowest BCUT2D eigenvalue weighted by molar-refractivity contribution is 0.148. The molecule has 0 radical (unpaired) electrons. The summed E-state index contributed by atoms with van der Waals surface area (Å²) in [4.78, 5) is 0. The third-order valence-electron chi connectivity index (χ3n) is 3.80. The van der Waals surface area contributed by atoms with Gasteiger partial charge in [-0.15, -0.1) is 0 Å². The minimum atomic E-state index is -0.864. The minimum Gasteiger partial charge on any atom is -0.369 e. The van der Waals surface area contributed by atoms with E-state index in [9.17, 15) is 9.50 Å². The second-order valence-corrected chi connectivity index (χ2v) is 5.44. The van der Waals surface area contributed by atoms with Crippen molar-refractivity contribution in [1.82, 2.24) is 9.88 Å². The first-order valence-corrected chi connectivity index (χ1v) is 7.54. The van der Waals surface area contributed by atoms with Crippen LogP contribution in [0.1, 0.15) is 17.4 Å². The molecule has 1 heterocycles. The molecule has 1 aromatic heterocycles. The van der Waals surface area contributed by atoms with Crippen molar-refractivity contribution >= 4 is 0 Å². The van der Waals surface area contributed by atoms with Crippen LogP contribution in [0.3, 0.4) is 0 Å². The molecule has 2 N–H and O–H groups in total. The molecule has 23 heavy (non-hydrogen) atoms. The number of nitrogens with zero attached hydrogens (tertiary/aromatic N) is 1. The summed E-state index contributed by atoms with van der Waals surface area (Å²) < 4.78 is 15.9. The second kappa shape index (κ2) is 6.77. The third-order valence-corrected chi connectivity index (χ3v) is 3.80. The number of benzene rings is 2. The van der Waals surface area contributed by atoms with Crippen LogP contribution in [0.4, 0.5) is 4.39 Å². The van der Waals surface area contributed by atoms with Crippen molar-refractivity contribution in [3.8, 4) is 11.3 Å². The van der Waals surface area contributed by atoms with Gasteiger partial charge in [-0.25, -0.2) is 4.39 Å². The molecule has 1 atom stereocenters. The quantitative estimate of drug-likeness (QED) is 0.756. The topological polar surface area (TPSA) is 37.2 Å². The molecule has 118 valence electrons. The molecule has 0 bridgehead atoms. The van der Waals surface area contributed by atoms with Gasteiger partial charge < -0.3 is 15.0 Å². The molecule has 0 amide bonds. The maximum atomic E-state index is 14.2. The van der Waals surface area contributed by atoms with E-state index in [4.69, 9.17) is 0 Å². The molecule has 0 aliphatic carbocycles. The molecule has 2 aromatic carbocycles. The zero-order chi connectivity index (χ0) is 16.2. The molecule has 4 heteroatoms. The van der Waals surface area contributed by atoms with Crippen LogP contribution in [-0.4, -0.2) is 16.7 Å². The van der Waals surface area contributed by atoms with E-state index in [1.807, 2.05) is 49.6 Å². The molecule has 0 saturated heterocycles. The van der Waals surface area contributed by atoms with E-state index in [1.54, 1.807) is 22.8 Å². The molecule has 0 fully saturated rings. The van der Waals surface area contributed by atoms with E-state index in [1.165, 1.54) is 6.07 Å². The standard InChI is InChI=1S/C19H19FN2O/c1-21-12-14-11-18(16-9-5-6-10-17(16)20)22(13-14)19(23)15-7-3-2-4-8-15/h2-11,13,19,21,23H,12H2,1H3. The van der Waals surface area contributed by atoms with Gasteiger partial charge in [0.1, 0.15) is 5.82 Å². The maximum Gasteiger partial charge on any atom is 0.157 e. The van der Waals surface area contributed by atoms with Crippen molar-refractivity contribution in [3.05, 3.63) is 83.8 Å². The van der Waals surface area contributed by atoms with Crippen LogP contribution in [0.15, 0.2) is 66.9 Å². The molecule has 3 aromatic rings. The Morgan fingerprint density at radius 1 is 1.09 bits per heavy atom. The SMILES string of the molecule is CNCc1cc(-c2ccccc2F)n(C(O)c2ccccc2)c1. The summed E-state index contributed by atoms with van der Waals surface area (Å²) in [5.41, 5.74) is 2.88. The Morgan fingerprint density at radius 3 is 2.48 bits per heavy atom. The average Bonchev–Trinajstić information content (AvgIpc) is 2.99. The number of aromatic nitrogens is 1. The van der Waals surface area contributed by atoms with Crippen LogP contribution in [0, 0.1) is 5.82 Å². The predicted octanol–water partition coefficient (Wildman–Crippen LogP) is 3.55. The molecular formula is C19H19FN2O. The van der Waals surface area contributed by atoms with Crippen molar-refractivity contribution in [3.63, 3.8) is 0 Å². The van der Waals surface area contributed by atoms with Crippen molar-refractivity contribution in [2.75, 3.05) is 7.05 Å². The first-order chi connectivity index (χ1) is 11.2. The minimum absolute atomic E-state index is 0.303. The van der Waals surface area contributed by atoms with Crippen LogP contribution in [-0.2, 0) is 6.54 Å². The number of rotatable bonds is 5. The fourth-order valence-electron chi connectivity index (χ4n) is 2.71. The molecule has 1 unspecified atom stereocenters. The summed E-state index contributed by atoms with van der Waals surface area (Å²) in [6.07, 6.45) is 0.993. The molecule has 0 spiro atoms. The van der Waals surface area contributed by atoms with Gasteiger partial charge >= 0.3 is 0 Å². The van der Waals surface area contributed by atoms with Gasteiger partial charge in [0, 0.05) is 23.9 Å². The predicted molar refractivity (Wildman–Crippen MR) is 89.4 cm³/mol. The Bertz CT molecular complexity index is 783. The summed E-state index contributed by atoms with van der Waals surface area (Å²) in [5, 5.41) is 13.8. The molecule has 0 aliphatic heterocycles. The highest BCUT2D eigenvalue weighted by Crippen LogP contribution is 2.29. The second-order valence-electron chi connectivity index (χ2n) is 5.44. The van der Waals surface area contributed by atoms with Crippen LogP contribution in [0.5, 0.6) is 0 Å². The summed E-state index contributed by atoms with van der Waals surface area (Å²) in [6, 6.07) is 17.9. The van der Waals surface area contributed by atoms with Crippen molar-refractivity contribution in [1.29, 1.82) is 0 Å². The average molecular weight is 310 g/mol. The van der Waals surface area contributed by atoms with Gasteiger partial charge in [-0.3, -0.25) is 0 Å². The van der Waals surface area contributed by atoms with Gasteiger partial charge in [0.25, 0.3) is 0 Å². The zero-order valence-corrected chi connectivity index (χ0v) is 12.9. The Kier molecular flexibility index (Phi) is 4.55. The normalized spacial score (nSPS) is 12.3. The molecular weight excluding hydrogens is 291 g/mol. The molecule has 0 aliphatic rings. The lowest BCUT2D eigenvalue weighted by Crippen LogP contribution is -2.10. The van der Waals surface area contributed by atoms with Gasteiger partial charge in [0.2, 0.25) is 0 Å². The van der Waals surface area contributed by atoms with Crippen LogP contribution in [0.25, 0.3) is 11.3 Å². The van der Waals surface area contributed by atoms with Gasteiger partial charge in [-0.2, -0.15) is 0 Å². The molecule has 3 rings (SSSR count). The fourth-order valence-corrected chi connectivity index (χ4v) is 2.71. The lowest BCUT2D eigenvalue weighted by Gasteiger charge is -2.17. The van der Waals surface area contributed by atoms with Crippen molar-refractivity contribution in [2.45, 2.75) is 12.8 Å². The number of hydrogen-bond acceptors (Lipinski definition) is 2. The first-order valence-electron chi connectivity index (χ1n) is 7.54. The Balaban J connectivity index is 2.10. The Hall–Kier alpha value is -2.43. The van der Waals surface area contributed by atoms with E-state index in [2.05, 4.69) is 5.32 Å². The number of halogens is 1. The van der Waals surface area contributed by atoms with Crippen LogP contribution < -0.4 is 5.32 Å². The number of hydrogen-bond donors (Lipinski definition) is 2. The highest BCUT2D eigenvalue weighted by molar-refractivity contribution is 5.62. The monoisotopic (exact) mass is 310 g/mol. The fraction of sp³-hybridized carbons (Fsp3) is 0.158. The lowest BCUT2D eigenvalue weighted by atomic mass is 10.1. The Labute approximate surface area is 135 Å². The number of aliphatic hydroxyl groups excluding tert-OH is 1. The highest BCUT2D eigenvalue weighted by atomic mass is 19.1. The summed E-state index contributed by atoms with van der Waals surface area (Å²) in [7, 11) is 1.85. The summed E-state index contributed by atoms with van der Waals surface area (Å²) >= 11 is 0. The zero-order valence-electron chi connectivity index (χ0n) is 12.9. The van der Waals surface area contributed by atoms with E-state index in [0.717, 1.165) is 11.1 Å². The van der Waals surface area contributed by atoms with Gasteiger partial charge in [-0.05, 0) is 30.8 Å². The summed E-state index contributed by atoms with van der Waals surface area (Å²) in [6.45, 7) is 0.649. The molecule has 3 nitrogen and oxygen atoms in total. The summed E-state index contributed by atoms with van der Waals surface area (Å²) in [5.74, 6) is -0.303. The highest BCUT2D eigenvalue weighted by Gasteiger charge is 2.17. The Morgan fingerprint density at radius 2 is 1.78 bits per heavy atom. The van der Waals surface area contributed by atoms with E-state index in [0.29, 0.717) is 17.8 Å². The van der Waals surface area contributed by atoms with Gasteiger partial charge in [-0.1, -0.05) is 42.5 Å². The largest absolute Gasteiger partial charge is 0.369 e. The van der Waals surface area contributed by atoms with Crippen molar-refractivity contribution < 1.29 is 9.50 Å².